The van der Waals surface area contributed by atoms with Gasteiger partial charge in [-0.3, -0.25) is 10.1 Å². The highest BCUT2D eigenvalue weighted by Gasteiger charge is 2.05. The summed E-state index contributed by atoms with van der Waals surface area (Å²) in [5.74, 6) is 1.23. The molecule has 0 aliphatic heterocycles. The summed E-state index contributed by atoms with van der Waals surface area (Å²) < 4.78 is 11.1. The van der Waals surface area contributed by atoms with Gasteiger partial charge in [0.2, 0.25) is 6.20 Å². The van der Waals surface area contributed by atoms with E-state index in [1.165, 1.54) is 11.6 Å². The normalized spacial score (nSPS) is 10.8. The van der Waals surface area contributed by atoms with Crippen LogP contribution in [0.1, 0.15) is 30.4 Å². The predicted molar refractivity (Wildman–Crippen MR) is 98.5 cm³/mol. The lowest BCUT2D eigenvalue weighted by atomic mass is 10.1. The highest BCUT2D eigenvalue weighted by atomic mass is 16.6. The molecule has 0 radical (unpaired) electrons. The van der Waals surface area contributed by atoms with E-state index in [4.69, 9.17) is 9.47 Å². The monoisotopic (exact) mass is 341 g/mol. The second-order valence-electron chi connectivity index (χ2n) is 5.66. The first kappa shape index (κ1) is 18.5. The quantitative estimate of drug-likeness (QED) is 0.356. The molecule has 0 unspecified atom stereocenters. The second kappa shape index (κ2) is 10.1. The molecule has 5 heteroatoms. The van der Waals surface area contributed by atoms with Gasteiger partial charge in [-0.2, -0.15) is 0 Å². The van der Waals surface area contributed by atoms with Crippen molar-refractivity contribution in [2.24, 2.45) is 0 Å². The Morgan fingerprint density at radius 1 is 1.04 bits per heavy atom. The molecular weight excluding hydrogens is 318 g/mol. The van der Waals surface area contributed by atoms with Gasteiger partial charge in [0.1, 0.15) is 0 Å². The number of hydrogen-bond acceptors (Lipinski definition) is 4. The number of ether oxygens (including phenoxy) is 2. The lowest BCUT2D eigenvalue weighted by molar-refractivity contribution is -0.400. The summed E-state index contributed by atoms with van der Waals surface area (Å²) in [5.41, 5.74) is 2.06. The largest absolute Gasteiger partial charge is 0.493 e. The van der Waals surface area contributed by atoms with Crippen LogP contribution in [0.15, 0.2) is 54.7 Å². The van der Waals surface area contributed by atoms with Gasteiger partial charge in [-0.1, -0.05) is 36.4 Å². The third-order valence-corrected chi connectivity index (χ3v) is 3.79. The number of benzene rings is 2. The lowest BCUT2D eigenvalue weighted by Crippen LogP contribution is -2.00. The van der Waals surface area contributed by atoms with Crippen molar-refractivity contribution < 1.29 is 14.4 Å². The number of nitrogens with zero attached hydrogens (tertiary/aromatic N) is 1. The van der Waals surface area contributed by atoms with Crippen LogP contribution < -0.4 is 9.47 Å². The topological polar surface area (TPSA) is 61.6 Å². The van der Waals surface area contributed by atoms with Crippen molar-refractivity contribution in [2.45, 2.75) is 25.7 Å². The Morgan fingerprint density at radius 3 is 2.56 bits per heavy atom. The molecule has 5 nitrogen and oxygen atoms in total. The summed E-state index contributed by atoms with van der Waals surface area (Å²) in [6.07, 6.45) is 6.62. The molecule has 0 aromatic heterocycles. The number of rotatable bonds is 10. The first-order chi connectivity index (χ1) is 12.2. The third-order valence-electron chi connectivity index (χ3n) is 3.79. The van der Waals surface area contributed by atoms with Crippen molar-refractivity contribution in [2.75, 3.05) is 13.7 Å². The Hall–Kier alpha value is -2.82. The molecule has 0 atom stereocenters. The minimum Gasteiger partial charge on any atom is -0.493 e. The fraction of sp³-hybridized carbons (Fsp3) is 0.300. The van der Waals surface area contributed by atoms with Crippen molar-refractivity contribution in [3.63, 3.8) is 0 Å². The zero-order chi connectivity index (χ0) is 17.9. The Balaban J connectivity index is 1.75. The summed E-state index contributed by atoms with van der Waals surface area (Å²) in [6, 6.07) is 15.7. The highest BCUT2D eigenvalue weighted by molar-refractivity contribution is 5.55. The molecule has 0 saturated heterocycles. The van der Waals surface area contributed by atoms with Gasteiger partial charge in [0, 0.05) is 6.08 Å². The Bertz CT molecular complexity index is 698. The van der Waals surface area contributed by atoms with E-state index in [2.05, 4.69) is 24.3 Å². The smallest absolute Gasteiger partial charge is 0.235 e. The van der Waals surface area contributed by atoms with Crippen LogP contribution >= 0.6 is 0 Å². The number of nitro groups is 1. The van der Waals surface area contributed by atoms with Gasteiger partial charge in [0.05, 0.1) is 18.6 Å². The number of hydrogen-bond donors (Lipinski definition) is 0. The van der Waals surface area contributed by atoms with Crippen LogP contribution in [0.2, 0.25) is 0 Å². The fourth-order valence-corrected chi connectivity index (χ4v) is 2.49. The average molecular weight is 341 g/mol. The maximum Gasteiger partial charge on any atom is 0.235 e. The van der Waals surface area contributed by atoms with Crippen LogP contribution in [0.5, 0.6) is 11.5 Å². The first-order valence-electron chi connectivity index (χ1n) is 8.35. The molecule has 0 heterocycles. The van der Waals surface area contributed by atoms with Crippen LogP contribution in [-0.2, 0) is 6.42 Å². The molecule has 132 valence electrons. The molecule has 2 aromatic rings. The molecule has 0 bridgehead atoms. The minimum absolute atomic E-state index is 0.494. The molecule has 2 aromatic carbocycles. The molecule has 0 amide bonds. The van der Waals surface area contributed by atoms with Gasteiger partial charge in [-0.25, -0.2) is 0 Å². The zero-order valence-corrected chi connectivity index (χ0v) is 14.4. The summed E-state index contributed by atoms with van der Waals surface area (Å²) >= 11 is 0. The van der Waals surface area contributed by atoms with Crippen molar-refractivity contribution in [1.29, 1.82) is 0 Å². The van der Waals surface area contributed by atoms with Crippen LogP contribution in [0.3, 0.4) is 0 Å². The maximum absolute atomic E-state index is 10.4. The highest BCUT2D eigenvalue weighted by Crippen LogP contribution is 2.28. The van der Waals surface area contributed by atoms with Gasteiger partial charge in [-0.15, -0.1) is 0 Å². The van der Waals surface area contributed by atoms with Crippen molar-refractivity contribution in [3.05, 3.63) is 76.0 Å². The van der Waals surface area contributed by atoms with Crippen LogP contribution in [0.4, 0.5) is 0 Å². The van der Waals surface area contributed by atoms with E-state index in [-0.39, 0.29) is 0 Å². The van der Waals surface area contributed by atoms with E-state index in [0.717, 1.165) is 31.9 Å². The molecule has 0 N–H and O–H groups in total. The summed E-state index contributed by atoms with van der Waals surface area (Å²) in [7, 11) is 1.56. The van der Waals surface area contributed by atoms with E-state index in [0.29, 0.717) is 23.7 Å². The number of methoxy groups -OCH3 is 1. The molecule has 0 aliphatic rings. The van der Waals surface area contributed by atoms with Gasteiger partial charge in [0.15, 0.2) is 11.5 Å². The van der Waals surface area contributed by atoms with E-state index in [9.17, 15) is 10.1 Å². The van der Waals surface area contributed by atoms with Crippen LogP contribution in [0.25, 0.3) is 6.08 Å². The maximum atomic E-state index is 10.4. The molecule has 0 saturated carbocycles. The van der Waals surface area contributed by atoms with Crippen LogP contribution in [0, 0.1) is 10.1 Å². The zero-order valence-electron chi connectivity index (χ0n) is 14.4. The standard InChI is InChI=1S/C20H23NO4/c1-24-20-16-18(13-14-21(22)23)11-12-19(20)25-15-7-3-6-10-17-8-4-2-5-9-17/h2,4-5,8-9,11-14,16H,3,6-7,10,15H2,1H3. The average Bonchev–Trinajstić information content (AvgIpc) is 2.64. The molecule has 0 fully saturated rings. The third kappa shape index (κ3) is 6.67. The van der Waals surface area contributed by atoms with E-state index < -0.39 is 4.92 Å². The molecule has 2 rings (SSSR count). The summed E-state index contributed by atoms with van der Waals surface area (Å²) in [5, 5.41) is 10.4. The summed E-state index contributed by atoms with van der Waals surface area (Å²) in [4.78, 5) is 9.88. The Labute approximate surface area is 148 Å². The Morgan fingerprint density at radius 2 is 1.84 bits per heavy atom. The summed E-state index contributed by atoms with van der Waals surface area (Å²) in [6.45, 7) is 0.620. The fourth-order valence-electron chi connectivity index (χ4n) is 2.49. The van der Waals surface area contributed by atoms with Crippen molar-refractivity contribution >= 4 is 6.08 Å². The van der Waals surface area contributed by atoms with E-state index >= 15 is 0 Å². The molecule has 0 aliphatic carbocycles. The van der Waals surface area contributed by atoms with Gasteiger partial charge >= 0.3 is 0 Å². The van der Waals surface area contributed by atoms with E-state index in [1.807, 2.05) is 6.07 Å². The number of unbranched alkanes of at least 4 members (excludes halogenated alkanes) is 2. The second-order valence-corrected chi connectivity index (χ2v) is 5.66. The number of aryl methyl sites for hydroxylation is 1. The molecule has 25 heavy (non-hydrogen) atoms. The lowest BCUT2D eigenvalue weighted by Gasteiger charge is -2.11. The predicted octanol–water partition coefficient (Wildman–Crippen LogP) is 4.73. The SMILES string of the molecule is COc1cc(C=C[N+](=O)[O-])ccc1OCCCCCc1ccccc1. The van der Waals surface area contributed by atoms with Gasteiger partial charge < -0.3 is 9.47 Å². The molecule has 0 spiro atoms. The van der Waals surface area contributed by atoms with E-state index in [1.54, 1.807) is 25.3 Å². The molecular formula is C20H23NO4. The van der Waals surface area contributed by atoms with Crippen LogP contribution in [-0.4, -0.2) is 18.6 Å². The Kier molecular flexibility index (Phi) is 7.50. The van der Waals surface area contributed by atoms with Gasteiger partial charge in [0.25, 0.3) is 0 Å². The van der Waals surface area contributed by atoms with Crippen molar-refractivity contribution in [1.82, 2.24) is 0 Å². The van der Waals surface area contributed by atoms with Crippen molar-refractivity contribution in [3.8, 4) is 11.5 Å². The minimum atomic E-state index is -0.494. The van der Waals surface area contributed by atoms with Gasteiger partial charge in [-0.05, 0) is 48.9 Å². The first-order valence-corrected chi connectivity index (χ1v) is 8.35.